The lowest BCUT2D eigenvalue weighted by Crippen LogP contribution is -2.43. The number of anilines is 1. The van der Waals surface area contributed by atoms with Crippen molar-refractivity contribution in [2.75, 3.05) is 25.4 Å². The first-order valence-electron chi connectivity index (χ1n) is 9.10. The van der Waals surface area contributed by atoms with Crippen molar-refractivity contribution in [3.8, 4) is 0 Å². The SMILES string of the molecule is Cl.Nc1ccc(CCNC(=O)C2CCN(C(=O)c3ccccc3)CC2)cc1. The quantitative estimate of drug-likeness (QED) is 0.774. The molecule has 1 aliphatic heterocycles. The third kappa shape index (κ3) is 5.73. The first-order valence-corrected chi connectivity index (χ1v) is 9.10. The second-order valence-corrected chi connectivity index (χ2v) is 6.72. The molecule has 3 rings (SSSR count). The topological polar surface area (TPSA) is 75.4 Å². The smallest absolute Gasteiger partial charge is 0.253 e. The molecule has 27 heavy (non-hydrogen) atoms. The van der Waals surface area contributed by atoms with Crippen LogP contribution in [0.3, 0.4) is 0 Å². The molecule has 0 radical (unpaired) electrons. The van der Waals surface area contributed by atoms with Gasteiger partial charge in [0.2, 0.25) is 5.91 Å². The summed E-state index contributed by atoms with van der Waals surface area (Å²) in [6.45, 7) is 1.87. The molecule has 3 N–H and O–H groups in total. The van der Waals surface area contributed by atoms with Crippen LogP contribution >= 0.6 is 12.4 Å². The van der Waals surface area contributed by atoms with Gasteiger partial charge in [-0.25, -0.2) is 0 Å². The van der Waals surface area contributed by atoms with E-state index >= 15 is 0 Å². The number of nitrogens with zero attached hydrogens (tertiary/aromatic N) is 1. The van der Waals surface area contributed by atoms with Crippen LogP contribution in [0.1, 0.15) is 28.8 Å². The van der Waals surface area contributed by atoms with E-state index in [1.54, 1.807) is 0 Å². The highest BCUT2D eigenvalue weighted by atomic mass is 35.5. The third-order valence-corrected chi connectivity index (χ3v) is 4.87. The molecule has 1 saturated heterocycles. The van der Waals surface area contributed by atoms with Gasteiger partial charge in [-0.1, -0.05) is 30.3 Å². The summed E-state index contributed by atoms with van der Waals surface area (Å²) in [5.41, 5.74) is 8.28. The standard InChI is InChI=1S/C21H25N3O2.ClH/c22-19-8-6-16(7-9-19)10-13-23-20(25)17-11-14-24(15-12-17)21(26)18-4-2-1-3-5-18;/h1-9,17H,10-15,22H2,(H,23,25);1H. The maximum absolute atomic E-state index is 12.4. The molecule has 0 atom stereocenters. The van der Waals surface area contributed by atoms with Crippen LogP contribution in [0.5, 0.6) is 0 Å². The second-order valence-electron chi connectivity index (χ2n) is 6.72. The van der Waals surface area contributed by atoms with E-state index in [-0.39, 0.29) is 30.1 Å². The van der Waals surface area contributed by atoms with Gasteiger partial charge in [0.1, 0.15) is 0 Å². The van der Waals surface area contributed by atoms with E-state index in [0.717, 1.165) is 17.7 Å². The van der Waals surface area contributed by atoms with Gasteiger partial charge in [0.05, 0.1) is 0 Å². The summed E-state index contributed by atoms with van der Waals surface area (Å²) in [5.74, 6) is 0.126. The zero-order chi connectivity index (χ0) is 18.4. The van der Waals surface area contributed by atoms with Crippen molar-refractivity contribution in [3.63, 3.8) is 0 Å². The predicted molar refractivity (Wildman–Crippen MR) is 110 cm³/mol. The van der Waals surface area contributed by atoms with E-state index in [0.29, 0.717) is 38.0 Å². The van der Waals surface area contributed by atoms with Gasteiger partial charge < -0.3 is 16.0 Å². The fourth-order valence-electron chi connectivity index (χ4n) is 3.27. The summed E-state index contributed by atoms with van der Waals surface area (Å²) in [7, 11) is 0. The average Bonchev–Trinajstić information content (AvgIpc) is 2.69. The van der Waals surface area contributed by atoms with Gasteiger partial charge in [-0.3, -0.25) is 9.59 Å². The summed E-state index contributed by atoms with van der Waals surface area (Å²) >= 11 is 0. The molecule has 0 spiro atoms. The summed E-state index contributed by atoms with van der Waals surface area (Å²) in [4.78, 5) is 26.6. The number of likely N-dealkylation sites (tertiary alicyclic amines) is 1. The zero-order valence-corrected chi connectivity index (χ0v) is 16.1. The molecule has 0 unspecified atom stereocenters. The number of hydrogen-bond donors (Lipinski definition) is 2. The number of amides is 2. The number of benzene rings is 2. The van der Waals surface area contributed by atoms with Crippen LogP contribution in [0.25, 0.3) is 0 Å². The average molecular weight is 388 g/mol. The summed E-state index contributed by atoms with van der Waals surface area (Å²) in [6.07, 6.45) is 2.22. The lowest BCUT2D eigenvalue weighted by molar-refractivity contribution is -0.126. The minimum absolute atomic E-state index is 0. The van der Waals surface area contributed by atoms with Gasteiger partial charge in [-0.05, 0) is 49.1 Å². The third-order valence-electron chi connectivity index (χ3n) is 4.87. The number of nitrogens with two attached hydrogens (primary N) is 1. The van der Waals surface area contributed by atoms with E-state index in [9.17, 15) is 9.59 Å². The van der Waals surface area contributed by atoms with Crippen molar-refractivity contribution >= 4 is 29.9 Å². The van der Waals surface area contributed by atoms with E-state index in [1.807, 2.05) is 59.5 Å². The van der Waals surface area contributed by atoms with Gasteiger partial charge in [0.25, 0.3) is 5.91 Å². The van der Waals surface area contributed by atoms with Crippen molar-refractivity contribution in [3.05, 3.63) is 65.7 Å². The van der Waals surface area contributed by atoms with E-state index in [4.69, 9.17) is 5.73 Å². The highest BCUT2D eigenvalue weighted by Gasteiger charge is 2.27. The molecule has 2 aromatic rings. The molecule has 6 heteroatoms. The second kappa shape index (κ2) is 9.97. The molecule has 1 heterocycles. The van der Waals surface area contributed by atoms with Crippen LogP contribution < -0.4 is 11.1 Å². The van der Waals surface area contributed by atoms with Crippen LogP contribution in [0.4, 0.5) is 5.69 Å². The van der Waals surface area contributed by atoms with Gasteiger partial charge in [-0.2, -0.15) is 0 Å². The minimum Gasteiger partial charge on any atom is -0.399 e. The molecule has 144 valence electrons. The Bertz CT molecular complexity index is 742. The number of nitrogen functional groups attached to an aromatic ring is 1. The van der Waals surface area contributed by atoms with E-state index in [1.165, 1.54) is 0 Å². The molecule has 5 nitrogen and oxygen atoms in total. The molecule has 0 bridgehead atoms. The van der Waals surface area contributed by atoms with Gasteiger partial charge in [0, 0.05) is 36.8 Å². The van der Waals surface area contributed by atoms with Crippen LogP contribution in [0.2, 0.25) is 0 Å². The molecule has 1 aliphatic rings. The lowest BCUT2D eigenvalue weighted by Gasteiger charge is -2.31. The Morgan fingerprint density at radius 1 is 1.00 bits per heavy atom. The maximum atomic E-state index is 12.4. The number of carbonyl (C=O) groups excluding carboxylic acids is 2. The number of piperidine rings is 1. The molecule has 2 amide bonds. The molecule has 0 aromatic heterocycles. The lowest BCUT2D eigenvalue weighted by atomic mass is 9.95. The Labute approximate surface area is 166 Å². The largest absolute Gasteiger partial charge is 0.399 e. The number of hydrogen-bond acceptors (Lipinski definition) is 3. The Kier molecular flexibility index (Phi) is 7.67. The Morgan fingerprint density at radius 2 is 1.63 bits per heavy atom. The maximum Gasteiger partial charge on any atom is 0.253 e. The van der Waals surface area contributed by atoms with E-state index in [2.05, 4.69) is 5.32 Å². The van der Waals surface area contributed by atoms with Crippen LogP contribution in [-0.4, -0.2) is 36.3 Å². The Hall–Kier alpha value is -2.53. The number of rotatable bonds is 5. The van der Waals surface area contributed by atoms with Crippen molar-refractivity contribution < 1.29 is 9.59 Å². The molecule has 2 aromatic carbocycles. The Balaban J connectivity index is 0.00000261. The minimum atomic E-state index is -0.0127. The monoisotopic (exact) mass is 387 g/mol. The summed E-state index contributed by atoms with van der Waals surface area (Å²) < 4.78 is 0. The molecule has 0 saturated carbocycles. The zero-order valence-electron chi connectivity index (χ0n) is 15.3. The fraction of sp³-hybridized carbons (Fsp3) is 0.333. The van der Waals surface area contributed by atoms with Gasteiger partial charge >= 0.3 is 0 Å². The normalized spacial score (nSPS) is 14.3. The number of nitrogens with one attached hydrogen (secondary N) is 1. The molecular weight excluding hydrogens is 362 g/mol. The van der Waals surface area contributed by atoms with Crippen molar-refractivity contribution in [1.29, 1.82) is 0 Å². The Morgan fingerprint density at radius 3 is 2.26 bits per heavy atom. The summed E-state index contributed by atoms with van der Waals surface area (Å²) in [5, 5.41) is 3.02. The van der Waals surface area contributed by atoms with Crippen LogP contribution in [0, 0.1) is 5.92 Å². The highest BCUT2D eigenvalue weighted by Crippen LogP contribution is 2.19. The van der Waals surface area contributed by atoms with Crippen LogP contribution in [-0.2, 0) is 11.2 Å². The molecule has 1 fully saturated rings. The molecular formula is C21H26ClN3O2. The summed E-state index contributed by atoms with van der Waals surface area (Å²) in [6, 6.07) is 17.0. The predicted octanol–water partition coefficient (Wildman–Crippen LogP) is 2.90. The van der Waals surface area contributed by atoms with Gasteiger partial charge in [-0.15, -0.1) is 12.4 Å². The van der Waals surface area contributed by atoms with E-state index < -0.39 is 0 Å². The first kappa shape index (κ1) is 20.8. The fourth-order valence-corrected chi connectivity index (χ4v) is 3.27. The highest BCUT2D eigenvalue weighted by molar-refractivity contribution is 5.94. The van der Waals surface area contributed by atoms with Gasteiger partial charge in [0.15, 0.2) is 0 Å². The number of halogens is 1. The molecule has 0 aliphatic carbocycles. The van der Waals surface area contributed by atoms with Crippen molar-refractivity contribution in [2.24, 2.45) is 5.92 Å². The number of carbonyl (C=O) groups is 2. The van der Waals surface area contributed by atoms with Crippen LogP contribution in [0.15, 0.2) is 54.6 Å². The van der Waals surface area contributed by atoms with Crippen molar-refractivity contribution in [1.82, 2.24) is 10.2 Å². The van der Waals surface area contributed by atoms with Crippen molar-refractivity contribution in [2.45, 2.75) is 19.3 Å². The first-order chi connectivity index (χ1) is 12.6.